The van der Waals surface area contributed by atoms with Gasteiger partial charge in [-0.2, -0.15) is 0 Å². The molecule has 1 N–H and O–H groups in total. The fraction of sp³-hybridized carbons (Fsp3) is 0.435. The van der Waals surface area contributed by atoms with Crippen LogP contribution in [0, 0.1) is 0 Å². The zero-order chi connectivity index (χ0) is 19.9. The van der Waals surface area contributed by atoms with E-state index in [0.717, 1.165) is 44.0 Å². The Balaban J connectivity index is 1.72. The molecule has 150 valence electrons. The summed E-state index contributed by atoms with van der Waals surface area (Å²) in [7, 11) is 1.67. The first-order chi connectivity index (χ1) is 13.5. The van der Waals surface area contributed by atoms with Crippen LogP contribution < -0.4 is 10.1 Å². The third kappa shape index (κ3) is 5.69. The van der Waals surface area contributed by atoms with Gasteiger partial charge in [0.05, 0.1) is 13.2 Å². The van der Waals surface area contributed by atoms with E-state index in [4.69, 9.17) is 21.7 Å². The highest BCUT2D eigenvalue weighted by Gasteiger charge is 2.21. The van der Waals surface area contributed by atoms with E-state index >= 15 is 0 Å². The van der Waals surface area contributed by atoms with E-state index in [9.17, 15) is 0 Å². The van der Waals surface area contributed by atoms with Crippen molar-refractivity contribution in [2.75, 3.05) is 25.6 Å². The van der Waals surface area contributed by atoms with Gasteiger partial charge in [0, 0.05) is 31.5 Å². The lowest BCUT2D eigenvalue weighted by Crippen LogP contribution is -2.39. The normalized spacial score (nSPS) is 16.2. The zero-order valence-corrected chi connectivity index (χ0v) is 17.8. The molecule has 0 saturated carbocycles. The van der Waals surface area contributed by atoms with Crippen molar-refractivity contribution >= 4 is 23.0 Å². The third-order valence-electron chi connectivity index (χ3n) is 5.08. The number of rotatable bonds is 7. The minimum atomic E-state index is 0.236. The van der Waals surface area contributed by atoms with E-state index in [1.807, 2.05) is 24.3 Å². The maximum absolute atomic E-state index is 5.86. The maximum atomic E-state index is 5.86. The number of benzene rings is 2. The quantitative estimate of drug-likeness (QED) is 0.649. The smallest absolute Gasteiger partial charge is 0.173 e. The second kappa shape index (κ2) is 9.89. The van der Waals surface area contributed by atoms with E-state index in [1.54, 1.807) is 7.11 Å². The Bertz CT molecular complexity index is 770. The van der Waals surface area contributed by atoms with Crippen molar-refractivity contribution < 1.29 is 9.47 Å². The predicted molar refractivity (Wildman–Crippen MR) is 119 cm³/mol. The van der Waals surface area contributed by atoms with Gasteiger partial charge in [-0.25, -0.2) is 0 Å². The first-order valence-electron chi connectivity index (χ1n) is 9.95. The summed E-state index contributed by atoms with van der Waals surface area (Å²) in [6.07, 6.45) is 2.45. The van der Waals surface area contributed by atoms with E-state index in [-0.39, 0.29) is 6.10 Å². The van der Waals surface area contributed by atoms with E-state index in [0.29, 0.717) is 11.0 Å². The van der Waals surface area contributed by atoms with Crippen LogP contribution in [0.1, 0.15) is 43.7 Å². The number of nitrogens with one attached hydrogen (secondary N) is 1. The second-order valence-electron chi connectivity index (χ2n) is 7.57. The van der Waals surface area contributed by atoms with Crippen LogP contribution in [-0.4, -0.2) is 36.4 Å². The highest BCUT2D eigenvalue weighted by atomic mass is 32.1. The summed E-state index contributed by atoms with van der Waals surface area (Å²) in [5.41, 5.74) is 3.53. The monoisotopic (exact) mass is 398 g/mol. The van der Waals surface area contributed by atoms with Crippen LogP contribution in [0.5, 0.6) is 5.75 Å². The minimum absolute atomic E-state index is 0.236. The van der Waals surface area contributed by atoms with Crippen molar-refractivity contribution in [2.24, 2.45) is 0 Å². The molecule has 1 saturated heterocycles. The Morgan fingerprint density at radius 3 is 2.68 bits per heavy atom. The number of hydrogen-bond donors (Lipinski definition) is 1. The minimum Gasteiger partial charge on any atom is -0.497 e. The number of hydrogen-bond acceptors (Lipinski definition) is 3. The molecule has 0 bridgehead atoms. The number of nitrogens with zero attached hydrogens (tertiary/aromatic N) is 1. The van der Waals surface area contributed by atoms with Gasteiger partial charge >= 0.3 is 0 Å². The summed E-state index contributed by atoms with van der Waals surface area (Å²) in [5.74, 6) is 1.34. The molecule has 0 radical (unpaired) electrons. The Morgan fingerprint density at radius 2 is 2.04 bits per heavy atom. The van der Waals surface area contributed by atoms with E-state index < -0.39 is 0 Å². The molecule has 1 fully saturated rings. The molecule has 1 atom stereocenters. The molecular formula is C23H30N2O2S. The van der Waals surface area contributed by atoms with Crippen molar-refractivity contribution in [3.05, 3.63) is 59.7 Å². The van der Waals surface area contributed by atoms with Gasteiger partial charge in [0.25, 0.3) is 0 Å². The molecule has 3 rings (SSSR count). The molecule has 2 aromatic carbocycles. The fourth-order valence-electron chi connectivity index (χ4n) is 3.39. The molecule has 4 nitrogen and oxygen atoms in total. The molecule has 2 aromatic rings. The lowest BCUT2D eigenvalue weighted by atomic mass is 10.0. The van der Waals surface area contributed by atoms with Gasteiger partial charge < -0.3 is 19.7 Å². The van der Waals surface area contributed by atoms with Gasteiger partial charge in [-0.3, -0.25) is 0 Å². The third-order valence-corrected chi connectivity index (χ3v) is 5.44. The van der Waals surface area contributed by atoms with Gasteiger partial charge in [0.15, 0.2) is 5.11 Å². The van der Waals surface area contributed by atoms with Crippen LogP contribution in [0.15, 0.2) is 48.5 Å². The second-order valence-corrected chi connectivity index (χ2v) is 7.96. The number of anilines is 1. The predicted octanol–water partition coefficient (Wildman–Crippen LogP) is 5.20. The lowest BCUT2D eigenvalue weighted by Gasteiger charge is -2.28. The molecule has 1 aliphatic rings. The van der Waals surface area contributed by atoms with Crippen molar-refractivity contribution in [2.45, 2.75) is 45.3 Å². The lowest BCUT2D eigenvalue weighted by molar-refractivity contribution is 0.0905. The molecule has 0 aromatic heterocycles. The summed E-state index contributed by atoms with van der Waals surface area (Å²) in [6, 6.07) is 16.7. The average Bonchev–Trinajstić information content (AvgIpc) is 3.21. The van der Waals surface area contributed by atoms with Gasteiger partial charge in [-0.1, -0.05) is 44.2 Å². The summed E-state index contributed by atoms with van der Waals surface area (Å²) in [5, 5.41) is 4.07. The Morgan fingerprint density at radius 1 is 1.25 bits per heavy atom. The molecule has 5 heteroatoms. The van der Waals surface area contributed by atoms with Gasteiger partial charge in [0.1, 0.15) is 5.75 Å². The summed E-state index contributed by atoms with van der Waals surface area (Å²) in [6.45, 7) is 6.82. The number of thiocarbonyl (C=S) groups is 1. The Kier molecular flexibility index (Phi) is 7.29. The van der Waals surface area contributed by atoms with Crippen LogP contribution in [0.2, 0.25) is 0 Å². The van der Waals surface area contributed by atoms with Crippen LogP contribution in [0.4, 0.5) is 5.69 Å². The molecule has 0 amide bonds. The van der Waals surface area contributed by atoms with Crippen LogP contribution in [-0.2, 0) is 11.3 Å². The van der Waals surface area contributed by atoms with Gasteiger partial charge in [-0.15, -0.1) is 0 Å². The van der Waals surface area contributed by atoms with Crippen molar-refractivity contribution in [3.8, 4) is 5.75 Å². The van der Waals surface area contributed by atoms with Crippen LogP contribution in [0.25, 0.3) is 0 Å². The molecule has 28 heavy (non-hydrogen) atoms. The molecule has 0 aliphatic carbocycles. The number of ether oxygens (including phenoxy) is 2. The highest BCUT2D eigenvalue weighted by molar-refractivity contribution is 7.80. The largest absolute Gasteiger partial charge is 0.497 e. The first-order valence-corrected chi connectivity index (χ1v) is 10.4. The SMILES string of the molecule is COc1cccc(NC(=S)N(Cc2ccc(C(C)C)cc2)CC2CCCO2)c1. The topological polar surface area (TPSA) is 33.7 Å². The van der Waals surface area contributed by atoms with Crippen LogP contribution in [0.3, 0.4) is 0 Å². The first kappa shape index (κ1) is 20.6. The molecule has 1 heterocycles. The Hall–Kier alpha value is -2.11. The average molecular weight is 399 g/mol. The zero-order valence-electron chi connectivity index (χ0n) is 17.0. The van der Waals surface area contributed by atoms with Gasteiger partial charge in [0.2, 0.25) is 0 Å². The number of methoxy groups -OCH3 is 1. The summed E-state index contributed by atoms with van der Waals surface area (Å²) < 4.78 is 11.2. The standard InChI is InChI=1S/C23H30N2O2S/c1-17(2)19-11-9-18(10-12-19)15-25(16-22-8-5-13-27-22)23(28)24-20-6-4-7-21(14-20)26-3/h4,6-7,9-12,14,17,22H,5,8,13,15-16H2,1-3H3,(H,24,28). The van der Waals surface area contributed by atoms with Gasteiger partial charge in [-0.05, 0) is 54.2 Å². The molecule has 0 spiro atoms. The highest BCUT2D eigenvalue weighted by Crippen LogP contribution is 2.21. The van der Waals surface area contributed by atoms with Crippen molar-refractivity contribution in [3.63, 3.8) is 0 Å². The van der Waals surface area contributed by atoms with Crippen molar-refractivity contribution in [1.82, 2.24) is 4.90 Å². The fourth-order valence-corrected chi connectivity index (χ4v) is 3.64. The maximum Gasteiger partial charge on any atom is 0.173 e. The summed E-state index contributed by atoms with van der Waals surface area (Å²) >= 11 is 5.76. The molecule has 1 unspecified atom stereocenters. The summed E-state index contributed by atoms with van der Waals surface area (Å²) in [4.78, 5) is 2.20. The van der Waals surface area contributed by atoms with Crippen LogP contribution >= 0.6 is 12.2 Å². The molecular weight excluding hydrogens is 368 g/mol. The van der Waals surface area contributed by atoms with E-state index in [2.05, 4.69) is 48.3 Å². The Labute approximate surface area is 173 Å². The van der Waals surface area contributed by atoms with E-state index in [1.165, 1.54) is 11.1 Å². The molecule has 1 aliphatic heterocycles. The van der Waals surface area contributed by atoms with Crippen molar-refractivity contribution in [1.29, 1.82) is 0 Å².